The molecule has 1 unspecified atom stereocenters. The van der Waals surface area contributed by atoms with Gasteiger partial charge in [0.25, 0.3) is 0 Å². The van der Waals surface area contributed by atoms with Gasteiger partial charge in [-0.1, -0.05) is 45.4 Å². The molecule has 0 aromatic carbocycles. The molecule has 23 heavy (non-hydrogen) atoms. The van der Waals surface area contributed by atoms with Gasteiger partial charge in [0.15, 0.2) is 6.29 Å². The zero-order chi connectivity index (χ0) is 16.6. The van der Waals surface area contributed by atoms with Gasteiger partial charge in [-0.25, -0.2) is 0 Å². The molecule has 0 aromatic rings. The molecule has 0 bridgehead atoms. The van der Waals surface area contributed by atoms with Crippen molar-refractivity contribution in [1.29, 1.82) is 0 Å². The molecule has 1 atom stereocenters. The first-order valence-electron chi connectivity index (χ1n) is 9.71. The number of hydrogen-bond acceptors (Lipinski definition) is 4. The number of hydrogen-bond donors (Lipinski definition) is 0. The van der Waals surface area contributed by atoms with Crippen molar-refractivity contribution in [3.05, 3.63) is 0 Å². The molecular weight excluding hydrogens is 292 g/mol. The molecule has 0 aliphatic carbocycles. The molecule has 1 aliphatic heterocycles. The van der Waals surface area contributed by atoms with Crippen LogP contribution in [0.1, 0.15) is 90.4 Å². The van der Waals surface area contributed by atoms with Gasteiger partial charge in [0.1, 0.15) is 0 Å². The Hall–Kier alpha value is -0.610. The summed E-state index contributed by atoms with van der Waals surface area (Å²) in [4.78, 5) is 11.4. The monoisotopic (exact) mass is 328 g/mol. The number of carbonyl (C=O) groups is 1. The summed E-state index contributed by atoms with van der Waals surface area (Å²) in [6, 6.07) is 0. The average Bonchev–Trinajstić information content (AvgIpc) is 2.58. The van der Waals surface area contributed by atoms with Crippen molar-refractivity contribution >= 4 is 5.97 Å². The lowest BCUT2D eigenvalue weighted by Crippen LogP contribution is -2.22. The summed E-state index contributed by atoms with van der Waals surface area (Å²) in [6.45, 7) is 4.37. The van der Waals surface area contributed by atoms with Gasteiger partial charge >= 0.3 is 5.97 Å². The maximum Gasteiger partial charge on any atom is 0.305 e. The number of rotatable bonds is 14. The number of esters is 1. The second kappa shape index (κ2) is 14.9. The highest BCUT2D eigenvalue weighted by atomic mass is 16.7. The van der Waals surface area contributed by atoms with E-state index in [1.54, 1.807) is 0 Å². The molecule has 1 saturated heterocycles. The van der Waals surface area contributed by atoms with Gasteiger partial charge < -0.3 is 14.2 Å². The van der Waals surface area contributed by atoms with Crippen LogP contribution in [0, 0.1) is 0 Å². The fraction of sp³-hybridized carbons (Fsp3) is 0.947. The molecule has 1 rings (SSSR count). The Kier molecular flexibility index (Phi) is 13.3. The zero-order valence-electron chi connectivity index (χ0n) is 15.0. The molecule has 0 spiro atoms. The van der Waals surface area contributed by atoms with Crippen molar-refractivity contribution in [1.82, 2.24) is 0 Å². The lowest BCUT2D eigenvalue weighted by Gasteiger charge is -2.22. The zero-order valence-corrected chi connectivity index (χ0v) is 15.0. The van der Waals surface area contributed by atoms with Gasteiger partial charge in [-0.15, -0.1) is 0 Å². The van der Waals surface area contributed by atoms with Crippen molar-refractivity contribution in [3.8, 4) is 0 Å². The smallest absolute Gasteiger partial charge is 0.305 e. The Labute approximate surface area is 142 Å². The molecular formula is C19H36O4. The van der Waals surface area contributed by atoms with Crippen LogP contribution in [0.15, 0.2) is 0 Å². The highest BCUT2D eigenvalue weighted by Crippen LogP contribution is 2.15. The summed E-state index contributed by atoms with van der Waals surface area (Å²) in [5, 5.41) is 0. The molecule has 4 heteroatoms. The molecule has 0 amide bonds. The van der Waals surface area contributed by atoms with Crippen LogP contribution < -0.4 is 0 Å². The SMILES string of the molecule is CCCCOC(=O)CCCCCCCCCOC1CCCCO1. The molecule has 0 N–H and O–H groups in total. The van der Waals surface area contributed by atoms with Gasteiger partial charge in [0.05, 0.1) is 6.61 Å². The Morgan fingerprint density at radius 2 is 1.70 bits per heavy atom. The summed E-state index contributed by atoms with van der Waals surface area (Å²) in [5.74, 6) is -0.0273. The fourth-order valence-corrected chi connectivity index (χ4v) is 2.72. The maximum atomic E-state index is 11.4. The third-order valence-corrected chi connectivity index (χ3v) is 4.23. The maximum absolute atomic E-state index is 11.4. The van der Waals surface area contributed by atoms with Crippen molar-refractivity contribution in [2.75, 3.05) is 19.8 Å². The van der Waals surface area contributed by atoms with Crippen molar-refractivity contribution in [2.45, 2.75) is 96.7 Å². The van der Waals surface area contributed by atoms with Crippen LogP contribution in [0.2, 0.25) is 0 Å². The molecule has 0 aromatic heterocycles. The van der Waals surface area contributed by atoms with E-state index in [1.807, 2.05) is 0 Å². The Bertz CT molecular complexity index is 275. The second-order valence-corrected chi connectivity index (χ2v) is 6.47. The summed E-state index contributed by atoms with van der Waals surface area (Å²) in [5.41, 5.74) is 0. The van der Waals surface area contributed by atoms with Crippen LogP contribution in [-0.2, 0) is 19.0 Å². The summed E-state index contributed by atoms with van der Waals surface area (Å²) in [7, 11) is 0. The largest absolute Gasteiger partial charge is 0.466 e. The van der Waals surface area contributed by atoms with E-state index in [2.05, 4.69) is 6.92 Å². The summed E-state index contributed by atoms with van der Waals surface area (Å²) in [6.07, 6.45) is 14.3. The first kappa shape index (κ1) is 20.4. The molecule has 1 fully saturated rings. The lowest BCUT2D eigenvalue weighted by atomic mass is 10.1. The van der Waals surface area contributed by atoms with E-state index in [-0.39, 0.29) is 12.3 Å². The molecule has 0 saturated carbocycles. The minimum atomic E-state index is -0.0273. The first-order chi connectivity index (χ1) is 11.3. The van der Waals surface area contributed by atoms with Gasteiger partial charge in [-0.3, -0.25) is 4.79 Å². The molecule has 1 aliphatic rings. The van der Waals surface area contributed by atoms with E-state index in [9.17, 15) is 4.79 Å². The van der Waals surface area contributed by atoms with Gasteiger partial charge in [-0.05, 0) is 38.5 Å². The molecule has 1 heterocycles. The summed E-state index contributed by atoms with van der Waals surface area (Å²) >= 11 is 0. The summed E-state index contributed by atoms with van der Waals surface area (Å²) < 4.78 is 16.4. The minimum absolute atomic E-state index is 0.0273. The van der Waals surface area contributed by atoms with Crippen LogP contribution in [0.4, 0.5) is 0 Å². The Morgan fingerprint density at radius 3 is 2.39 bits per heavy atom. The van der Waals surface area contributed by atoms with E-state index in [1.165, 1.54) is 38.5 Å². The third-order valence-electron chi connectivity index (χ3n) is 4.23. The Balaban J connectivity index is 1.75. The third kappa shape index (κ3) is 12.5. The fourth-order valence-electron chi connectivity index (χ4n) is 2.72. The average molecular weight is 328 g/mol. The Morgan fingerprint density at radius 1 is 0.957 bits per heavy atom. The van der Waals surface area contributed by atoms with Gasteiger partial charge in [-0.2, -0.15) is 0 Å². The van der Waals surface area contributed by atoms with E-state index in [0.29, 0.717) is 13.0 Å². The lowest BCUT2D eigenvalue weighted by molar-refractivity contribution is -0.162. The van der Waals surface area contributed by atoms with E-state index in [0.717, 1.165) is 51.7 Å². The predicted octanol–water partition coefficient (Wildman–Crippen LogP) is 4.99. The molecule has 0 radical (unpaired) electrons. The van der Waals surface area contributed by atoms with Crippen molar-refractivity contribution < 1.29 is 19.0 Å². The van der Waals surface area contributed by atoms with Crippen LogP contribution >= 0.6 is 0 Å². The molecule has 4 nitrogen and oxygen atoms in total. The first-order valence-corrected chi connectivity index (χ1v) is 9.71. The van der Waals surface area contributed by atoms with Crippen LogP contribution in [-0.4, -0.2) is 32.1 Å². The number of ether oxygens (including phenoxy) is 3. The second-order valence-electron chi connectivity index (χ2n) is 6.47. The van der Waals surface area contributed by atoms with E-state index >= 15 is 0 Å². The molecule has 136 valence electrons. The quantitative estimate of drug-likeness (QED) is 0.333. The highest BCUT2D eigenvalue weighted by molar-refractivity contribution is 5.69. The normalized spacial score (nSPS) is 18.0. The number of unbranched alkanes of at least 4 members (excludes halogenated alkanes) is 7. The van der Waals surface area contributed by atoms with Gasteiger partial charge in [0.2, 0.25) is 0 Å². The van der Waals surface area contributed by atoms with Gasteiger partial charge in [0, 0.05) is 19.6 Å². The standard InChI is InChI=1S/C19H36O4/c1-2-3-15-21-18(20)13-9-7-5-4-6-8-11-16-22-19-14-10-12-17-23-19/h19H,2-17H2,1H3. The van der Waals surface area contributed by atoms with Crippen LogP contribution in [0.25, 0.3) is 0 Å². The topological polar surface area (TPSA) is 44.8 Å². The van der Waals surface area contributed by atoms with Crippen LogP contribution in [0.5, 0.6) is 0 Å². The predicted molar refractivity (Wildman–Crippen MR) is 92.3 cm³/mol. The highest BCUT2D eigenvalue weighted by Gasteiger charge is 2.13. The minimum Gasteiger partial charge on any atom is -0.466 e. The van der Waals surface area contributed by atoms with Crippen LogP contribution in [0.3, 0.4) is 0 Å². The number of carbonyl (C=O) groups excluding carboxylic acids is 1. The van der Waals surface area contributed by atoms with E-state index < -0.39 is 0 Å². The van der Waals surface area contributed by atoms with E-state index in [4.69, 9.17) is 14.2 Å². The van der Waals surface area contributed by atoms with Crippen molar-refractivity contribution in [3.63, 3.8) is 0 Å². The van der Waals surface area contributed by atoms with Crippen molar-refractivity contribution in [2.24, 2.45) is 0 Å².